The summed E-state index contributed by atoms with van der Waals surface area (Å²) in [5.74, 6) is -0.889. The first-order valence-electron chi connectivity index (χ1n) is 4.79. The summed E-state index contributed by atoms with van der Waals surface area (Å²) in [4.78, 5) is 10.8. The van der Waals surface area contributed by atoms with E-state index in [1.165, 1.54) is 6.07 Å². The van der Waals surface area contributed by atoms with Gasteiger partial charge in [-0.25, -0.2) is 4.39 Å². The minimum Gasteiger partial charge on any atom is -0.465 e. The van der Waals surface area contributed by atoms with Crippen LogP contribution in [0.15, 0.2) is 18.2 Å². The SMILES string of the molecule is CCOC(=O)C(Br)Cc1cccc(Cl)c1F. The van der Waals surface area contributed by atoms with Crippen molar-refractivity contribution in [2.24, 2.45) is 0 Å². The Labute approximate surface area is 107 Å². The molecule has 0 aliphatic carbocycles. The van der Waals surface area contributed by atoms with Crippen LogP contribution >= 0.6 is 27.5 Å². The molecule has 0 aromatic heterocycles. The molecular formula is C11H11BrClFO2. The second-order valence-electron chi connectivity index (χ2n) is 3.14. The van der Waals surface area contributed by atoms with Crippen molar-refractivity contribution in [1.29, 1.82) is 0 Å². The van der Waals surface area contributed by atoms with Gasteiger partial charge < -0.3 is 4.74 Å². The Kier molecular flexibility index (Phi) is 5.22. The van der Waals surface area contributed by atoms with Crippen LogP contribution in [0.5, 0.6) is 0 Å². The van der Waals surface area contributed by atoms with Crippen molar-refractivity contribution in [3.63, 3.8) is 0 Å². The van der Waals surface area contributed by atoms with E-state index >= 15 is 0 Å². The highest BCUT2D eigenvalue weighted by Gasteiger charge is 2.19. The van der Waals surface area contributed by atoms with E-state index in [1.54, 1.807) is 19.1 Å². The number of esters is 1. The van der Waals surface area contributed by atoms with Crippen molar-refractivity contribution < 1.29 is 13.9 Å². The Hall–Kier alpha value is -0.610. The highest BCUT2D eigenvalue weighted by atomic mass is 79.9. The molecule has 0 radical (unpaired) electrons. The summed E-state index contributed by atoms with van der Waals surface area (Å²) in [6.07, 6.45) is 0.214. The molecule has 0 heterocycles. The quantitative estimate of drug-likeness (QED) is 0.630. The molecular weight excluding hydrogens is 298 g/mol. The minimum atomic E-state index is -0.555. The molecule has 1 aromatic rings. The maximum atomic E-state index is 13.5. The fraction of sp³-hybridized carbons (Fsp3) is 0.364. The highest BCUT2D eigenvalue weighted by Crippen LogP contribution is 2.21. The van der Waals surface area contributed by atoms with Crippen molar-refractivity contribution in [3.05, 3.63) is 34.6 Å². The van der Waals surface area contributed by atoms with Gasteiger partial charge in [0, 0.05) is 0 Å². The van der Waals surface area contributed by atoms with Gasteiger partial charge in [-0.2, -0.15) is 0 Å². The molecule has 0 saturated heterocycles. The number of ether oxygens (including phenoxy) is 1. The van der Waals surface area contributed by atoms with Gasteiger partial charge in [-0.3, -0.25) is 4.79 Å². The second kappa shape index (κ2) is 6.21. The maximum Gasteiger partial charge on any atom is 0.320 e. The maximum absolute atomic E-state index is 13.5. The number of hydrogen-bond donors (Lipinski definition) is 0. The van der Waals surface area contributed by atoms with Crippen LogP contribution < -0.4 is 0 Å². The van der Waals surface area contributed by atoms with Crippen LogP contribution in [0.25, 0.3) is 0 Å². The van der Waals surface area contributed by atoms with Crippen molar-refractivity contribution in [2.45, 2.75) is 18.2 Å². The molecule has 2 nitrogen and oxygen atoms in total. The number of rotatable bonds is 4. The van der Waals surface area contributed by atoms with Gasteiger partial charge in [0.05, 0.1) is 11.6 Å². The number of halogens is 3. The summed E-state index contributed by atoms with van der Waals surface area (Å²) in [5.41, 5.74) is 0.391. The van der Waals surface area contributed by atoms with Crippen LogP contribution in [0.3, 0.4) is 0 Å². The van der Waals surface area contributed by atoms with E-state index in [2.05, 4.69) is 15.9 Å². The van der Waals surface area contributed by atoms with Crippen LogP contribution in [0.2, 0.25) is 5.02 Å². The Morgan fingerprint density at radius 2 is 2.31 bits per heavy atom. The lowest BCUT2D eigenvalue weighted by molar-refractivity contribution is -0.142. The van der Waals surface area contributed by atoms with Gasteiger partial charge in [0.2, 0.25) is 0 Å². The predicted octanol–water partition coefficient (Wildman–Crippen LogP) is 3.35. The second-order valence-corrected chi connectivity index (χ2v) is 4.65. The molecule has 0 bridgehead atoms. The third-order valence-corrected chi connectivity index (χ3v) is 2.96. The standard InChI is InChI=1S/C11H11BrClFO2/c1-2-16-11(15)8(12)6-7-4-3-5-9(13)10(7)14/h3-5,8H,2,6H2,1H3. The smallest absolute Gasteiger partial charge is 0.320 e. The number of alkyl halides is 1. The average Bonchev–Trinajstić information content (AvgIpc) is 2.25. The van der Waals surface area contributed by atoms with Gasteiger partial charge >= 0.3 is 5.97 Å². The third kappa shape index (κ3) is 3.46. The monoisotopic (exact) mass is 308 g/mol. The molecule has 0 saturated carbocycles. The van der Waals surface area contributed by atoms with Crippen LogP contribution in [-0.4, -0.2) is 17.4 Å². The zero-order valence-electron chi connectivity index (χ0n) is 8.67. The minimum absolute atomic E-state index is 0.0565. The lowest BCUT2D eigenvalue weighted by Gasteiger charge is -2.10. The lowest BCUT2D eigenvalue weighted by atomic mass is 10.1. The molecule has 0 fully saturated rings. The van der Waals surface area contributed by atoms with Crippen molar-refractivity contribution in [2.75, 3.05) is 6.61 Å². The Morgan fingerprint density at radius 3 is 2.94 bits per heavy atom. The number of hydrogen-bond acceptors (Lipinski definition) is 2. The van der Waals surface area contributed by atoms with E-state index in [-0.39, 0.29) is 11.4 Å². The molecule has 0 N–H and O–H groups in total. The molecule has 0 aliphatic heterocycles. The molecule has 0 amide bonds. The number of carbonyl (C=O) groups excluding carboxylic acids is 1. The van der Waals surface area contributed by atoms with Gasteiger partial charge in [-0.15, -0.1) is 0 Å². The average molecular weight is 310 g/mol. The third-order valence-electron chi connectivity index (χ3n) is 1.97. The Bertz CT molecular complexity index is 384. The van der Waals surface area contributed by atoms with Crippen LogP contribution in [0.1, 0.15) is 12.5 Å². The summed E-state index contributed by atoms with van der Waals surface area (Å²) >= 11 is 8.79. The van der Waals surface area contributed by atoms with Crippen LogP contribution in [0.4, 0.5) is 4.39 Å². The molecule has 88 valence electrons. The predicted molar refractivity (Wildman–Crippen MR) is 64.5 cm³/mol. The van der Waals surface area contributed by atoms with Gasteiger partial charge in [0.25, 0.3) is 0 Å². The summed E-state index contributed by atoms with van der Waals surface area (Å²) < 4.78 is 18.3. The fourth-order valence-corrected chi connectivity index (χ4v) is 1.89. The molecule has 1 rings (SSSR count). The van der Waals surface area contributed by atoms with Gasteiger partial charge in [0.15, 0.2) is 0 Å². The first-order valence-corrected chi connectivity index (χ1v) is 6.09. The van der Waals surface area contributed by atoms with Crippen LogP contribution in [-0.2, 0) is 16.0 Å². The zero-order chi connectivity index (χ0) is 12.1. The summed E-state index contributed by atoms with van der Waals surface area (Å²) in [6.45, 7) is 2.02. The van der Waals surface area contributed by atoms with E-state index in [0.29, 0.717) is 12.2 Å². The van der Waals surface area contributed by atoms with Gasteiger partial charge in [0.1, 0.15) is 10.6 Å². The normalized spacial score (nSPS) is 12.2. The zero-order valence-corrected chi connectivity index (χ0v) is 11.0. The molecule has 16 heavy (non-hydrogen) atoms. The van der Waals surface area contributed by atoms with Crippen molar-refractivity contribution >= 4 is 33.5 Å². The summed E-state index contributed by atoms with van der Waals surface area (Å²) in [7, 11) is 0. The van der Waals surface area contributed by atoms with E-state index in [1.807, 2.05) is 0 Å². The van der Waals surface area contributed by atoms with E-state index in [9.17, 15) is 9.18 Å². The fourth-order valence-electron chi connectivity index (χ4n) is 1.22. The Balaban J connectivity index is 2.73. The molecule has 1 atom stereocenters. The van der Waals surface area contributed by atoms with Crippen molar-refractivity contribution in [3.8, 4) is 0 Å². The highest BCUT2D eigenvalue weighted by molar-refractivity contribution is 9.10. The largest absolute Gasteiger partial charge is 0.465 e. The lowest BCUT2D eigenvalue weighted by Crippen LogP contribution is -2.20. The molecule has 1 aromatic carbocycles. The summed E-state index contributed by atoms with van der Waals surface area (Å²) in [5, 5.41) is 0.0565. The van der Waals surface area contributed by atoms with Crippen LogP contribution in [0, 0.1) is 5.82 Å². The van der Waals surface area contributed by atoms with E-state index in [0.717, 1.165) is 0 Å². The first kappa shape index (κ1) is 13.5. The molecule has 1 unspecified atom stereocenters. The van der Waals surface area contributed by atoms with E-state index in [4.69, 9.17) is 16.3 Å². The Morgan fingerprint density at radius 1 is 1.62 bits per heavy atom. The van der Waals surface area contributed by atoms with E-state index < -0.39 is 16.6 Å². The van der Waals surface area contributed by atoms with Crippen molar-refractivity contribution in [1.82, 2.24) is 0 Å². The number of benzene rings is 1. The molecule has 0 aliphatic rings. The number of carbonyl (C=O) groups is 1. The topological polar surface area (TPSA) is 26.3 Å². The molecule has 5 heteroatoms. The van der Waals surface area contributed by atoms with Gasteiger partial charge in [-0.1, -0.05) is 39.7 Å². The van der Waals surface area contributed by atoms with Gasteiger partial charge in [-0.05, 0) is 25.0 Å². The first-order chi connectivity index (χ1) is 7.56. The molecule has 0 spiro atoms. The summed E-state index contributed by atoms with van der Waals surface area (Å²) in [6, 6.07) is 4.70.